The molecule has 1 heterocycles. The first-order valence-corrected chi connectivity index (χ1v) is 9.92. The number of hydrogen-bond acceptors (Lipinski definition) is 4. The number of allylic oxidation sites excluding steroid dienone is 2. The smallest absolute Gasteiger partial charge is 0.244 e. The van der Waals surface area contributed by atoms with Crippen LogP contribution in [0.1, 0.15) is 44.6 Å². The van der Waals surface area contributed by atoms with Crippen LogP contribution in [0.25, 0.3) is 0 Å². The lowest BCUT2D eigenvalue weighted by atomic mass is 9.87. The van der Waals surface area contributed by atoms with Crippen LogP contribution in [0.3, 0.4) is 0 Å². The first-order chi connectivity index (χ1) is 13.4. The van der Waals surface area contributed by atoms with E-state index in [4.69, 9.17) is 5.73 Å². The summed E-state index contributed by atoms with van der Waals surface area (Å²) in [6.07, 6.45) is 3.42. The van der Waals surface area contributed by atoms with Gasteiger partial charge in [0, 0.05) is 32.1 Å². The molecule has 1 amide bonds. The third-order valence-electron chi connectivity index (χ3n) is 5.67. The summed E-state index contributed by atoms with van der Waals surface area (Å²) in [5, 5.41) is 0. The van der Waals surface area contributed by atoms with E-state index >= 15 is 4.39 Å². The quantitative estimate of drug-likeness (QED) is 0.792. The number of halogens is 1. The van der Waals surface area contributed by atoms with Crippen LogP contribution in [0.15, 0.2) is 46.6 Å². The van der Waals surface area contributed by atoms with Gasteiger partial charge in [0.15, 0.2) is 5.78 Å². The molecule has 0 unspecified atom stereocenters. The van der Waals surface area contributed by atoms with Gasteiger partial charge in [0.2, 0.25) is 5.91 Å². The van der Waals surface area contributed by atoms with Crippen LogP contribution in [0.4, 0.5) is 4.39 Å². The second-order valence-corrected chi connectivity index (χ2v) is 7.76. The zero-order valence-corrected chi connectivity index (χ0v) is 16.4. The molecule has 28 heavy (non-hydrogen) atoms. The number of nitrogens with zero attached hydrogens (tertiary/aromatic N) is 2. The number of piperidine rings is 1. The summed E-state index contributed by atoms with van der Waals surface area (Å²) in [7, 11) is 0. The molecule has 0 radical (unpaired) electrons. The highest BCUT2D eigenvalue weighted by Gasteiger charge is 2.36. The van der Waals surface area contributed by atoms with Crippen LogP contribution in [-0.2, 0) is 16.0 Å². The maximum Gasteiger partial charge on any atom is 0.244 e. The van der Waals surface area contributed by atoms with Crippen molar-refractivity contribution in [3.8, 4) is 0 Å². The predicted octanol–water partition coefficient (Wildman–Crippen LogP) is 2.99. The van der Waals surface area contributed by atoms with Gasteiger partial charge in [-0.25, -0.2) is 4.39 Å². The topological polar surface area (TPSA) is 75.8 Å². The summed E-state index contributed by atoms with van der Waals surface area (Å²) in [6.45, 7) is 2.29. The number of carbonyl (C=O) groups excluding carboxylic acids is 2. The summed E-state index contributed by atoms with van der Waals surface area (Å²) in [6, 6.07) is 9.64. The minimum absolute atomic E-state index is 0.0298. The van der Waals surface area contributed by atoms with E-state index in [0.29, 0.717) is 32.4 Å². The van der Waals surface area contributed by atoms with E-state index in [0.717, 1.165) is 36.1 Å². The fraction of sp³-hybridized carbons (Fsp3) is 0.500. The van der Waals surface area contributed by atoms with Gasteiger partial charge in [-0.15, -0.1) is 0 Å². The van der Waals surface area contributed by atoms with Crippen LogP contribution in [0.5, 0.6) is 0 Å². The summed E-state index contributed by atoms with van der Waals surface area (Å²) in [5.41, 5.74) is 7.39. The number of benzene rings is 1. The van der Waals surface area contributed by atoms with Gasteiger partial charge in [-0.2, -0.15) is 0 Å². The van der Waals surface area contributed by atoms with Crippen molar-refractivity contribution in [3.05, 3.63) is 47.2 Å². The minimum Gasteiger partial charge on any atom is -0.396 e. The number of hydrogen-bond donors (Lipinski definition) is 1. The maximum absolute atomic E-state index is 15.1. The van der Waals surface area contributed by atoms with Crippen LogP contribution < -0.4 is 5.73 Å². The minimum atomic E-state index is -1.26. The highest BCUT2D eigenvalue weighted by Crippen LogP contribution is 2.30. The zero-order valence-electron chi connectivity index (χ0n) is 16.4. The number of Topliss-reactive ketones (excluding diaryl/α,β-unsaturated/α-hetero) is 1. The van der Waals surface area contributed by atoms with Crippen LogP contribution in [-0.4, -0.2) is 47.6 Å². The molecule has 6 heteroatoms. The summed E-state index contributed by atoms with van der Waals surface area (Å²) in [5.74, 6) is -0.258. The fourth-order valence-electron chi connectivity index (χ4n) is 3.96. The molecule has 0 bridgehead atoms. The number of nitrogens with two attached hydrogens (primary N) is 1. The monoisotopic (exact) mass is 385 g/mol. The lowest BCUT2D eigenvalue weighted by Crippen LogP contribution is -2.46. The van der Waals surface area contributed by atoms with Crippen molar-refractivity contribution in [3.63, 3.8) is 0 Å². The van der Waals surface area contributed by atoms with E-state index in [-0.39, 0.29) is 23.9 Å². The molecule has 0 spiro atoms. The average molecular weight is 385 g/mol. The van der Waals surface area contributed by atoms with Gasteiger partial charge >= 0.3 is 0 Å². The molecule has 1 aliphatic heterocycles. The largest absolute Gasteiger partial charge is 0.396 e. The van der Waals surface area contributed by atoms with Crippen LogP contribution >= 0.6 is 0 Å². The summed E-state index contributed by atoms with van der Waals surface area (Å²) < 4.78 is 15.1. The molecular formula is C22H28FN3O2. The Morgan fingerprint density at radius 3 is 2.50 bits per heavy atom. The third kappa shape index (κ3) is 4.86. The van der Waals surface area contributed by atoms with E-state index < -0.39 is 5.67 Å². The Balaban J connectivity index is 1.55. The first-order valence-electron chi connectivity index (χ1n) is 9.92. The number of amides is 1. The predicted molar refractivity (Wildman–Crippen MR) is 108 cm³/mol. The molecule has 1 aliphatic carbocycles. The SMILES string of the molecule is CC(=O)C(N)=C1CCCC1=NCC(=O)N1CCC(F)(Cc2ccccc2)CC1. The Morgan fingerprint density at radius 2 is 1.86 bits per heavy atom. The number of aliphatic imine (C=N–C) groups is 1. The Bertz CT molecular complexity index is 793. The molecule has 2 aliphatic rings. The van der Waals surface area contributed by atoms with Crippen molar-refractivity contribution < 1.29 is 14.0 Å². The molecule has 2 N–H and O–H groups in total. The fourth-order valence-corrected chi connectivity index (χ4v) is 3.96. The van der Waals surface area contributed by atoms with Gasteiger partial charge in [0.1, 0.15) is 12.2 Å². The highest BCUT2D eigenvalue weighted by molar-refractivity contribution is 6.09. The van der Waals surface area contributed by atoms with E-state index in [2.05, 4.69) is 4.99 Å². The van der Waals surface area contributed by atoms with E-state index in [9.17, 15) is 9.59 Å². The lowest BCUT2D eigenvalue weighted by Gasteiger charge is -2.36. The summed E-state index contributed by atoms with van der Waals surface area (Å²) >= 11 is 0. The molecular weight excluding hydrogens is 357 g/mol. The molecule has 1 aromatic rings. The lowest BCUT2D eigenvalue weighted by molar-refractivity contribution is -0.132. The van der Waals surface area contributed by atoms with E-state index in [1.165, 1.54) is 6.92 Å². The highest BCUT2D eigenvalue weighted by atomic mass is 19.1. The first kappa shape index (κ1) is 20.2. The number of carbonyl (C=O) groups is 2. The molecule has 2 fully saturated rings. The second kappa shape index (κ2) is 8.67. The van der Waals surface area contributed by atoms with Gasteiger partial charge in [-0.3, -0.25) is 14.6 Å². The zero-order chi connectivity index (χ0) is 20.1. The molecule has 1 aromatic carbocycles. The van der Waals surface area contributed by atoms with Crippen LogP contribution in [0.2, 0.25) is 0 Å². The van der Waals surface area contributed by atoms with Gasteiger partial charge in [0.05, 0.1) is 5.70 Å². The molecule has 1 saturated carbocycles. The van der Waals surface area contributed by atoms with Gasteiger partial charge in [-0.1, -0.05) is 30.3 Å². The molecule has 1 saturated heterocycles. The number of rotatable bonds is 5. The molecule has 0 atom stereocenters. The van der Waals surface area contributed by atoms with Gasteiger partial charge in [0.25, 0.3) is 0 Å². The van der Waals surface area contributed by atoms with Gasteiger partial charge < -0.3 is 10.6 Å². The summed E-state index contributed by atoms with van der Waals surface area (Å²) in [4.78, 5) is 30.1. The van der Waals surface area contributed by atoms with Crippen molar-refractivity contribution >= 4 is 17.4 Å². The van der Waals surface area contributed by atoms with Gasteiger partial charge in [-0.05, 0) is 43.2 Å². The van der Waals surface area contributed by atoms with Crippen LogP contribution in [0, 0.1) is 0 Å². The second-order valence-electron chi connectivity index (χ2n) is 7.76. The van der Waals surface area contributed by atoms with Crippen molar-refractivity contribution in [1.82, 2.24) is 4.90 Å². The normalized spacial score (nSPS) is 22.4. The van der Waals surface area contributed by atoms with E-state index in [1.54, 1.807) is 4.90 Å². The Morgan fingerprint density at radius 1 is 1.18 bits per heavy atom. The molecule has 3 rings (SSSR count). The molecule has 150 valence electrons. The maximum atomic E-state index is 15.1. The third-order valence-corrected chi connectivity index (χ3v) is 5.67. The number of likely N-dealkylation sites (tertiary alicyclic amines) is 1. The Labute approximate surface area is 165 Å². The Hall–Kier alpha value is -2.50. The molecule has 0 aromatic heterocycles. The molecule has 5 nitrogen and oxygen atoms in total. The van der Waals surface area contributed by atoms with Crippen molar-refractivity contribution in [2.24, 2.45) is 10.7 Å². The van der Waals surface area contributed by atoms with Crippen molar-refractivity contribution in [1.29, 1.82) is 0 Å². The Kier molecular flexibility index (Phi) is 6.27. The number of ketones is 1. The average Bonchev–Trinajstić information content (AvgIpc) is 3.15. The van der Waals surface area contributed by atoms with Crippen molar-refractivity contribution in [2.75, 3.05) is 19.6 Å². The van der Waals surface area contributed by atoms with Crippen molar-refractivity contribution in [2.45, 2.75) is 51.1 Å². The van der Waals surface area contributed by atoms with E-state index in [1.807, 2.05) is 30.3 Å². The number of alkyl halides is 1. The standard InChI is InChI=1S/C22H28FN3O2/c1-16(27)21(24)18-8-5-9-19(18)25-15-20(28)26-12-10-22(23,11-13-26)14-17-6-3-2-4-7-17/h2-4,6-7H,5,8-15,24H2,1H3.